The number of allylic oxidation sites excluding steroid dienone is 3. The minimum Gasteiger partial charge on any atom is -0.394 e. The number of hydrogen-bond acceptors (Lipinski definition) is 8. The third-order valence-corrected chi connectivity index (χ3v) is 17.8. The number of carbonyl (C=O) groups excluding carboxylic acids is 1. The number of nitrogens with one attached hydrogen (secondary N) is 1. The molecule has 0 aromatic rings. The standard InChI is InChI=1S/C73H141NO8/c1-3-5-7-9-11-13-15-17-19-21-23-25-27-28-29-30-31-32-33-34-35-36-37-38-39-40-41-43-45-47-49-51-53-55-57-59-61-63-69(77)74-66(65-81-73-72(80)71(79)70(78)68(64-75)82-73)67(76)62-60-58-56-54-52-50-48-46-44-42-26-24-22-20-18-16-14-12-10-8-6-4-2/h21,23,60,62,66-68,70-73,75-76,78-80H,3-20,22,24-59,61,63-65H2,1-2H3,(H,74,77)/b23-21-,62-60+. The topological polar surface area (TPSA) is 149 Å². The van der Waals surface area contributed by atoms with Gasteiger partial charge in [-0.25, -0.2) is 0 Å². The van der Waals surface area contributed by atoms with Gasteiger partial charge in [0.2, 0.25) is 5.91 Å². The number of unbranched alkanes of at least 4 members (excludes halogenated alkanes) is 53. The minimum absolute atomic E-state index is 0.168. The molecule has 1 fully saturated rings. The Bertz CT molecular complexity index is 1340. The normalized spacial score (nSPS) is 18.4. The van der Waals surface area contributed by atoms with Crippen molar-refractivity contribution in [2.24, 2.45) is 0 Å². The number of aliphatic hydroxyl groups excluding tert-OH is 5. The quantitative estimate of drug-likeness (QED) is 0.0261. The van der Waals surface area contributed by atoms with Crippen molar-refractivity contribution >= 4 is 5.91 Å². The molecule has 6 N–H and O–H groups in total. The van der Waals surface area contributed by atoms with Crippen molar-refractivity contribution in [3.8, 4) is 0 Å². The van der Waals surface area contributed by atoms with Gasteiger partial charge in [0.1, 0.15) is 24.4 Å². The van der Waals surface area contributed by atoms with Crippen molar-refractivity contribution in [1.29, 1.82) is 0 Å². The molecule has 0 aromatic heterocycles. The fraction of sp³-hybridized carbons (Fsp3) is 0.932. The fourth-order valence-electron chi connectivity index (χ4n) is 12.0. The minimum atomic E-state index is -1.57. The van der Waals surface area contributed by atoms with E-state index in [1.807, 2.05) is 6.08 Å². The number of carbonyl (C=O) groups is 1. The average Bonchev–Trinajstić information content (AvgIpc) is 3.59. The molecule has 7 atom stereocenters. The van der Waals surface area contributed by atoms with E-state index in [9.17, 15) is 30.3 Å². The van der Waals surface area contributed by atoms with Crippen LogP contribution in [0.15, 0.2) is 24.3 Å². The van der Waals surface area contributed by atoms with Crippen molar-refractivity contribution in [2.75, 3.05) is 13.2 Å². The van der Waals surface area contributed by atoms with Gasteiger partial charge < -0.3 is 40.3 Å². The first kappa shape index (κ1) is 78.7. The Balaban J connectivity index is 2.06. The number of aliphatic hydroxyl groups is 5. The molecule has 486 valence electrons. The van der Waals surface area contributed by atoms with Gasteiger partial charge in [0.25, 0.3) is 0 Å². The maximum absolute atomic E-state index is 13.1. The predicted octanol–water partition coefficient (Wildman–Crippen LogP) is 20.0. The number of ether oxygens (including phenoxy) is 2. The van der Waals surface area contributed by atoms with E-state index >= 15 is 0 Å². The zero-order chi connectivity index (χ0) is 59.3. The van der Waals surface area contributed by atoms with Crippen molar-refractivity contribution in [1.82, 2.24) is 5.32 Å². The summed E-state index contributed by atoms with van der Waals surface area (Å²) < 4.78 is 11.3. The monoisotopic (exact) mass is 1160 g/mol. The van der Waals surface area contributed by atoms with Gasteiger partial charge in [0.05, 0.1) is 25.4 Å². The summed E-state index contributed by atoms with van der Waals surface area (Å²) in [5, 5.41) is 54.8. The molecule has 0 aromatic carbocycles. The van der Waals surface area contributed by atoms with Crippen LogP contribution in [0.5, 0.6) is 0 Å². The van der Waals surface area contributed by atoms with Crippen LogP contribution in [0.1, 0.15) is 380 Å². The molecular formula is C73H141NO8. The molecule has 0 saturated carbocycles. The lowest BCUT2D eigenvalue weighted by atomic mass is 9.99. The van der Waals surface area contributed by atoms with Gasteiger partial charge in [0, 0.05) is 6.42 Å². The van der Waals surface area contributed by atoms with Crippen LogP contribution >= 0.6 is 0 Å². The largest absolute Gasteiger partial charge is 0.394 e. The molecule has 1 rings (SSSR count). The Morgan fingerprint density at radius 2 is 0.683 bits per heavy atom. The molecule has 82 heavy (non-hydrogen) atoms. The highest BCUT2D eigenvalue weighted by atomic mass is 16.7. The van der Waals surface area contributed by atoms with E-state index in [1.54, 1.807) is 6.08 Å². The molecule has 1 aliphatic heterocycles. The van der Waals surface area contributed by atoms with Crippen LogP contribution in [0.25, 0.3) is 0 Å². The van der Waals surface area contributed by atoms with Crippen molar-refractivity contribution in [3.63, 3.8) is 0 Å². The Morgan fingerprint density at radius 1 is 0.402 bits per heavy atom. The van der Waals surface area contributed by atoms with Gasteiger partial charge in [-0.05, 0) is 44.9 Å². The first-order valence-corrected chi connectivity index (χ1v) is 36.6. The lowest BCUT2D eigenvalue weighted by Gasteiger charge is -2.40. The van der Waals surface area contributed by atoms with E-state index in [0.717, 1.165) is 38.5 Å². The first-order valence-electron chi connectivity index (χ1n) is 36.6. The highest BCUT2D eigenvalue weighted by molar-refractivity contribution is 5.76. The van der Waals surface area contributed by atoms with Crippen LogP contribution in [0.4, 0.5) is 0 Å². The lowest BCUT2D eigenvalue weighted by Crippen LogP contribution is -2.60. The second-order valence-corrected chi connectivity index (χ2v) is 25.7. The van der Waals surface area contributed by atoms with Gasteiger partial charge in [-0.1, -0.05) is 353 Å². The molecule has 9 nitrogen and oxygen atoms in total. The molecule has 0 spiro atoms. The van der Waals surface area contributed by atoms with Crippen molar-refractivity contribution < 1.29 is 39.8 Å². The third kappa shape index (κ3) is 50.8. The van der Waals surface area contributed by atoms with Gasteiger partial charge in [-0.3, -0.25) is 4.79 Å². The summed E-state index contributed by atoms with van der Waals surface area (Å²) in [6, 6.07) is -0.803. The summed E-state index contributed by atoms with van der Waals surface area (Å²) in [7, 11) is 0. The molecule has 1 heterocycles. The highest BCUT2D eigenvalue weighted by Gasteiger charge is 2.44. The third-order valence-electron chi connectivity index (χ3n) is 17.8. The van der Waals surface area contributed by atoms with Crippen LogP contribution in [0, 0.1) is 0 Å². The van der Waals surface area contributed by atoms with Crippen molar-refractivity contribution in [2.45, 2.75) is 423 Å². The maximum Gasteiger partial charge on any atom is 0.220 e. The Labute approximate surface area is 509 Å². The first-order chi connectivity index (χ1) is 40.3. The van der Waals surface area contributed by atoms with Gasteiger partial charge in [-0.2, -0.15) is 0 Å². The fourth-order valence-corrected chi connectivity index (χ4v) is 12.0. The zero-order valence-electron chi connectivity index (χ0n) is 54.5. The molecule has 0 radical (unpaired) electrons. The molecule has 1 saturated heterocycles. The van der Waals surface area contributed by atoms with E-state index < -0.39 is 49.5 Å². The maximum atomic E-state index is 13.1. The van der Waals surface area contributed by atoms with Crippen LogP contribution in [-0.4, -0.2) is 87.5 Å². The predicted molar refractivity (Wildman–Crippen MR) is 350 cm³/mol. The van der Waals surface area contributed by atoms with Gasteiger partial charge >= 0.3 is 0 Å². The molecule has 1 aliphatic rings. The Morgan fingerprint density at radius 3 is 0.988 bits per heavy atom. The van der Waals surface area contributed by atoms with Crippen LogP contribution in [0.3, 0.4) is 0 Å². The van der Waals surface area contributed by atoms with Gasteiger partial charge in [-0.15, -0.1) is 0 Å². The molecule has 0 aliphatic carbocycles. The van der Waals surface area contributed by atoms with E-state index in [1.165, 1.54) is 321 Å². The smallest absolute Gasteiger partial charge is 0.220 e. The summed E-state index contributed by atoms with van der Waals surface area (Å²) in [5.41, 5.74) is 0. The summed E-state index contributed by atoms with van der Waals surface area (Å²) in [4.78, 5) is 13.1. The summed E-state index contributed by atoms with van der Waals surface area (Å²) in [6.07, 6.45) is 75.9. The lowest BCUT2D eigenvalue weighted by molar-refractivity contribution is -0.302. The van der Waals surface area contributed by atoms with Crippen LogP contribution in [-0.2, 0) is 14.3 Å². The summed E-state index contributed by atoms with van der Waals surface area (Å²) in [6.45, 7) is 3.84. The zero-order valence-corrected chi connectivity index (χ0v) is 54.5. The second-order valence-electron chi connectivity index (χ2n) is 25.7. The Hall–Kier alpha value is -1.33. The molecular weight excluding hydrogens is 1020 g/mol. The summed E-state index contributed by atoms with van der Waals surface area (Å²) in [5.74, 6) is -0.168. The van der Waals surface area contributed by atoms with E-state index in [0.29, 0.717) is 6.42 Å². The van der Waals surface area contributed by atoms with E-state index in [2.05, 4.69) is 31.3 Å². The van der Waals surface area contributed by atoms with Crippen molar-refractivity contribution in [3.05, 3.63) is 24.3 Å². The number of amides is 1. The van der Waals surface area contributed by atoms with Crippen LogP contribution in [0.2, 0.25) is 0 Å². The molecule has 1 amide bonds. The highest BCUT2D eigenvalue weighted by Crippen LogP contribution is 2.24. The molecule has 7 unspecified atom stereocenters. The van der Waals surface area contributed by atoms with Gasteiger partial charge in [0.15, 0.2) is 6.29 Å². The Kier molecular flexibility index (Phi) is 60.2. The summed E-state index contributed by atoms with van der Waals surface area (Å²) >= 11 is 0. The number of hydrogen-bond donors (Lipinski definition) is 6. The average molecular weight is 1160 g/mol. The number of rotatable bonds is 65. The van der Waals surface area contributed by atoms with E-state index in [4.69, 9.17) is 9.47 Å². The SMILES string of the molecule is CCCCCCCCCC/C=C\CCCCCCCCCCCCCCCCCCCCCCCCCCCC(=O)NC(COC1OC(CO)C(O)C(O)C1O)C(O)/C=C/CCCCCCCCCCCCCCCCCCCCCC. The van der Waals surface area contributed by atoms with Crippen LogP contribution < -0.4 is 5.32 Å². The molecule has 9 heteroatoms. The van der Waals surface area contributed by atoms with E-state index in [-0.39, 0.29) is 12.5 Å². The second kappa shape index (κ2) is 62.7. The molecule has 0 bridgehead atoms.